The van der Waals surface area contributed by atoms with Gasteiger partial charge in [-0.25, -0.2) is 5.43 Å². The molecule has 0 saturated heterocycles. The molecule has 0 fully saturated rings. The number of benzene rings is 1. The van der Waals surface area contributed by atoms with Gasteiger partial charge in [-0.05, 0) is 22.6 Å². The van der Waals surface area contributed by atoms with E-state index in [4.69, 9.17) is 0 Å². The van der Waals surface area contributed by atoms with Crippen LogP contribution in [-0.4, -0.2) is 22.2 Å². The highest BCUT2D eigenvalue weighted by Gasteiger charge is 2.22. The average Bonchev–Trinajstić information content (AvgIpc) is 2.79. The minimum absolute atomic E-state index is 0.0121. The summed E-state index contributed by atoms with van der Waals surface area (Å²) in [6.07, 6.45) is 1.29. The van der Waals surface area contributed by atoms with Crippen molar-refractivity contribution in [2.45, 2.75) is 6.92 Å². The second-order valence-corrected chi connectivity index (χ2v) is 3.91. The van der Waals surface area contributed by atoms with Gasteiger partial charge in [-0.15, -0.1) is 0 Å². The zero-order valence-corrected chi connectivity index (χ0v) is 10.7. The van der Waals surface area contributed by atoms with Crippen molar-refractivity contribution in [3.63, 3.8) is 0 Å². The maximum Gasteiger partial charge on any atom is 0.322 e. The second kappa shape index (κ2) is 5.77. The van der Waals surface area contributed by atoms with Gasteiger partial charge in [0.1, 0.15) is 0 Å². The first-order valence-corrected chi connectivity index (χ1v) is 5.63. The van der Waals surface area contributed by atoms with Gasteiger partial charge in [0.15, 0.2) is 0 Å². The average molecular weight is 291 g/mol. The highest BCUT2D eigenvalue weighted by molar-refractivity contribution is 5.93. The summed E-state index contributed by atoms with van der Waals surface area (Å²) in [7, 11) is 0. The van der Waals surface area contributed by atoms with Crippen molar-refractivity contribution in [3.8, 4) is 0 Å². The number of nitro benzene ring substituents is 1. The number of hydrazone groups is 1. The molecule has 0 spiro atoms. The minimum atomic E-state index is -0.705. The molecule has 1 aromatic heterocycles. The first kappa shape index (κ1) is 14.1. The SMILES string of the molecule is Cc1c(C(=O)N/N=C\c2ccc([N+](=O)[O-])cc2)no[n+]1[O-]. The van der Waals surface area contributed by atoms with Crippen molar-refractivity contribution >= 4 is 17.8 Å². The van der Waals surface area contributed by atoms with Gasteiger partial charge in [-0.3, -0.25) is 19.5 Å². The molecule has 0 unspecified atom stereocenters. The standard InChI is InChI=1S/C11H9N5O5/c1-7-10(14-21-16(7)20)11(17)13-12-6-8-2-4-9(5-3-8)15(18)19/h2-6H,1H3,(H,13,17)/b12-6-. The maximum atomic E-state index is 11.6. The number of carbonyl (C=O) groups is 1. The molecule has 108 valence electrons. The van der Waals surface area contributed by atoms with Gasteiger partial charge in [-0.2, -0.15) is 5.10 Å². The fourth-order valence-corrected chi connectivity index (χ4v) is 1.40. The predicted octanol–water partition coefficient (Wildman–Crippen LogP) is 0.289. The van der Waals surface area contributed by atoms with Crippen molar-refractivity contribution in [2.24, 2.45) is 5.10 Å². The van der Waals surface area contributed by atoms with Gasteiger partial charge >= 0.3 is 11.6 Å². The van der Waals surface area contributed by atoms with E-state index in [9.17, 15) is 20.1 Å². The second-order valence-electron chi connectivity index (χ2n) is 3.91. The van der Waals surface area contributed by atoms with E-state index in [1.165, 1.54) is 37.4 Å². The van der Waals surface area contributed by atoms with E-state index in [1.807, 2.05) is 0 Å². The van der Waals surface area contributed by atoms with Crippen molar-refractivity contribution in [3.05, 3.63) is 56.5 Å². The minimum Gasteiger partial charge on any atom is -0.359 e. The topological polar surface area (TPSA) is 138 Å². The van der Waals surface area contributed by atoms with Gasteiger partial charge in [0.25, 0.3) is 5.69 Å². The number of nitrogens with one attached hydrogen (secondary N) is 1. The fourth-order valence-electron chi connectivity index (χ4n) is 1.40. The summed E-state index contributed by atoms with van der Waals surface area (Å²) in [4.78, 5) is 21.7. The summed E-state index contributed by atoms with van der Waals surface area (Å²) in [6.45, 7) is 1.37. The number of nitrogens with zero attached hydrogens (tertiary/aromatic N) is 4. The smallest absolute Gasteiger partial charge is 0.322 e. The van der Waals surface area contributed by atoms with Crippen molar-refractivity contribution in [1.29, 1.82) is 0 Å². The van der Waals surface area contributed by atoms with Crippen molar-refractivity contribution in [1.82, 2.24) is 10.6 Å². The summed E-state index contributed by atoms with van der Waals surface area (Å²) >= 11 is 0. The third-order valence-electron chi connectivity index (χ3n) is 2.52. The fraction of sp³-hybridized carbons (Fsp3) is 0.0909. The lowest BCUT2D eigenvalue weighted by Gasteiger charge is -1.94. The number of non-ortho nitro benzene ring substituents is 1. The van der Waals surface area contributed by atoms with Gasteiger partial charge in [-0.1, -0.05) is 0 Å². The highest BCUT2D eigenvalue weighted by Crippen LogP contribution is 2.10. The van der Waals surface area contributed by atoms with E-state index in [-0.39, 0.29) is 22.0 Å². The molecule has 0 aliphatic rings. The molecule has 2 aromatic rings. The predicted molar refractivity (Wildman–Crippen MR) is 68.4 cm³/mol. The molecule has 0 radical (unpaired) electrons. The van der Waals surface area contributed by atoms with Gasteiger partial charge < -0.3 is 5.21 Å². The van der Waals surface area contributed by atoms with Gasteiger partial charge in [0.05, 0.1) is 16.3 Å². The van der Waals surface area contributed by atoms with Crippen LogP contribution in [0.1, 0.15) is 21.7 Å². The van der Waals surface area contributed by atoms with Crippen LogP contribution in [0.5, 0.6) is 0 Å². The molecule has 0 atom stereocenters. The van der Waals surface area contributed by atoms with Crippen LogP contribution in [-0.2, 0) is 0 Å². The van der Waals surface area contributed by atoms with Gasteiger partial charge in [0, 0.05) is 19.1 Å². The molecule has 1 aromatic carbocycles. The summed E-state index contributed by atoms with van der Waals surface area (Å²) in [6, 6.07) is 5.57. The van der Waals surface area contributed by atoms with E-state index < -0.39 is 10.8 Å². The first-order chi connectivity index (χ1) is 9.99. The molecule has 21 heavy (non-hydrogen) atoms. The number of aromatic nitrogens is 2. The van der Waals surface area contributed by atoms with Crippen LogP contribution < -0.4 is 10.3 Å². The maximum absolute atomic E-state index is 11.6. The summed E-state index contributed by atoms with van der Waals surface area (Å²) < 4.78 is 4.25. The number of amides is 1. The van der Waals surface area contributed by atoms with E-state index in [1.54, 1.807) is 0 Å². The van der Waals surface area contributed by atoms with Crippen molar-refractivity contribution in [2.75, 3.05) is 0 Å². The van der Waals surface area contributed by atoms with Crippen LogP contribution in [0.2, 0.25) is 0 Å². The Bertz CT molecular complexity index is 706. The van der Waals surface area contributed by atoms with E-state index in [0.29, 0.717) is 5.56 Å². The third-order valence-corrected chi connectivity index (χ3v) is 2.52. The molecule has 10 heteroatoms. The van der Waals surface area contributed by atoms with Crippen LogP contribution in [0, 0.1) is 22.2 Å². The summed E-state index contributed by atoms with van der Waals surface area (Å²) in [5, 5.41) is 28.4. The Morgan fingerprint density at radius 3 is 2.67 bits per heavy atom. The number of hydrogen-bond acceptors (Lipinski definition) is 7. The lowest BCUT2D eigenvalue weighted by Crippen LogP contribution is -2.28. The first-order valence-electron chi connectivity index (χ1n) is 5.63. The van der Waals surface area contributed by atoms with Crippen LogP contribution in [0.3, 0.4) is 0 Å². The largest absolute Gasteiger partial charge is 0.359 e. The molecule has 0 aliphatic carbocycles. The molecule has 1 N–H and O–H groups in total. The van der Waals surface area contributed by atoms with E-state index in [2.05, 4.69) is 20.3 Å². The molecular weight excluding hydrogens is 282 g/mol. The monoisotopic (exact) mass is 291 g/mol. The number of hydrogen-bond donors (Lipinski definition) is 1. The van der Waals surface area contributed by atoms with Crippen LogP contribution >= 0.6 is 0 Å². The number of carbonyl (C=O) groups excluding carboxylic acids is 1. The third kappa shape index (κ3) is 3.18. The molecular formula is C11H9N5O5. The molecule has 2 rings (SSSR count). The quantitative estimate of drug-likeness (QED) is 0.372. The molecule has 0 aliphatic heterocycles. The van der Waals surface area contributed by atoms with Crippen LogP contribution in [0.25, 0.3) is 0 Å². The lowest BCUT2D eigenvalue weighted by atomic mass is 10.2. The Morgan fingerprint density at radius 1 is 1.48 bits per heavy atom. The number of rotatable bonds is 4. The Morgan fingerprint density at radius 2 is 2.14 bits per heavy atom. The highest BCUT2D eigenvalue weighted by atomic mass is 16.8. The molecule has 0 saturated carbocycles. The van der Waals surface area contributed by atoms with E-state index in [0.717, 1.165) is 0 Å². The Kier molecular flexibility index (Phi) is 3.88. The van der Waals surface area contributed by atoms with E-state index >= 15 is 0 Å². The van der Waals surface area contributed by atoms with Crippen molar-refractivity contribution < 1.29 is 19.2 Å². The van der Waals surface area contributed by atoms with Gasteiger partial charge in [0.2, 0.25) is 5.69 Å². The van der Waals surface area contributed by atoms with Crippen LogP contribution in [0.4, 0.5) is 5.69 Å². The summed E-state index contributed by atoms with van der Waals surface area (Å²) in [5.74, 6) is -0.705. The Labute approximate surface area is 117 Å². The lowest BCUT2D eigenvalue weighted by molar-refractivity contribution is -0.806. The molecule has 0 bridgehead atoms. The number of nitro groups is 1. The molecule has 10 nitrogen and oxygen atoms in total. The normalized spacial score (nSPS) is 10.7. The Hall–Kier alpha value is -3.30. The zero-order valence-electron chi connectivity index (χ0n) is 10.7. The zero-order chi connectivity index (χ0) is 15.4. The van der Waals surface area contributed by atoms with Crippen LogP contribution in [0.15, 0.2) is 34.0 Å². The summed E-state index contributed by atoms with van der Waals surface area (Å²) in [5.41, 5.74) is 2.50. The molecule has 1 amide bonds. The Balaban J connectivity index is 2.00. The molecule has 1 heterocycles.